The predicted molar refractivity (Wildman–Crippen MR) is 76.4 cm³/mol. The van der Waals surface area contributed by atoms with E-state index in [0.29, 0.717) is 11.6 Å². The van der Waals surface area contributed by atoms with Crippen LogP contribution in [0.1, 0.15) is 0 Å². The van der Waals surface area contributed by atoms with Gasteiger partial charge < -0.3 is 10.1 Å². The van der Waals surface area contributed by atoms with Crippen molar-refractivity contribution in [3.8, 4) is 5.75 Å². The van der Waals surface area contributed by atoms with Gasteiger partial charge in [0.05, 0.1) is 7.11 Å². The first-order valence-electron chi connectivity index (χ1n) is 5.24. The maximum absolute atomic E-state index is 5.35. The van der Waals surface area contributed by atoms with E-state index in [0.717, 1.165) is 14.4 Å². The first kappa shape index (κ1) is 13.2. The molecular weight excluding hydrogens is 314 g/mol. The number of nitrogens with zero attached hydrogens (tertiary/aromatic N) is 2. The number of methoxy groups -OCH3 is 1. The van der Waals surface area contributed by atoms with Crippen LogP contribution in [0.4, 0.5) is 5.82 Å². The van der Waals surface area contributed by atoms with Gasteiger partial charge in [0.1, 0.15) is 11.4 Å². The second kappa shape index (κ2) is 6.06. The summed E-state index contributed by atoms with van der Waals surface area (Å²) in [6.07, 6.45) is 1.52. The Morgan fingerprint density at radius 3 is 2.83 bits per heavy atom. The van der Waals surface area contributed by atoms with Gasteiger partial charge in [0.2, 0.25) is 0 Å². The summed E-state index contributed by atoms with van der Waals surface area (Å²) in [5.74, 6) is 1.34. The minimum Gasteiger partial charge on any atom is -0.490 e. The molecule has 18 heavy (non-hydrogen) atoms. The highest BCUT2D eigenvalue weighted by atomic mass is 79.9. The zero-order valence-corrected chi connectivity index (χ0v) is 12.4. The van der Waals surface area contributed by atoms with Crippen LogP contribution in [0.5, 0.6) is 5.75 Å². The summed E-state index contributed by atoms with van der Waals surface area (Å²) in [6, 6.07) is 8.03. The molecule has 0 amide bonds. The molecule has 0 radical (unpaired) electrons. The smallest absolute Gasteiger partial charge is 0.194 e. The molecular formula is C12H12BrN3OS. The molecule has 0 aliphatic carbocycles. The Morgan fingerprint density at radius 1 is 1.33 bits per heavy atom. The van der Waals surface area contributed by atoms with Crippen LogP contribution in [0.15, 0.2) is 45.0 Å². The van der Waals surface area contributed by atoms with Crippen molar-refractivity contribution < 1.29 is 4.74 Å². The summed E-state index contributed by atoms with van der Waals surface area (Å²) in [6.45, 7) is 0. The van der Waals surface area contributed by atoms with E-state index < -0.39 is 0 Å². The topological polar surface area (TPSA) is 47.0 Å². The van der Waals surface area contributed by atoms with Gasteiger partial charge in [-0.1, -0.05) is 33.8 Å². The van der Waals surface area contributed by atoms with E-state index in [2.05, 4.69) is 31.2 Å². The van der Waals surface area contributed by atoms with Crippen LogP contribution < -0.4 is 10.1 Å². The van der Waals surface area contributed by atoms with Crippen molar-refractivity contribution in [2.75, 3.05) is 19.5 Å². The van der Waals surface area contributed by atoms with Crippen LogP contribution in [0.2, 0.25) is 0 Å². The predicted octanol–water partition coefficient (Wildman–Crippen LogP) is 3.44. The summed E-state index contributed by atoms with van der Waals surface area (Å²) in [7, 11) is 3.42. The molecule has 1 aromatic carbocycles. The third kappa shape index (κ3) is 2.94. The molecule has 0 fully saturated rings. The molecule has 4 nitrogen and oxygen atoms in total. The van der Waals surface area contributed by atoms with Crippen LogP contribution in [-0.2, 0) is 0 Å². The number of hydrogen-bond donors (Lipinski definition) is 1. The molecule has 94 valence electrons. The van der Waals surface area contributed by atoms with Gasteiger partial charge in [-0.05, 0) is 18.2 Å². The fourth-order valence-electron chi connectivity index (χ4n) is 1.43. The number of aromatic nitrogens is 2. The van der Waals surface area contributed by atoms with E-state index in [1.807, 2.05) is 24.3 Å². The molecule has 0 spiro atoms. The van der Waals surface area contributed by atoms with Crippen LogP contribution >= 0.6 is 27.7 Å². The molecule has 1 heterocycles. The molecule has 0 unspecified atom stereocenters. The Hall–Kier alpha value is -1.27. The molecule has 2 aromatic rings. The van der Waals surface area contributed by atoms with Crippen molar-refractivity contribution in [1.82, 2.24) is 9.97 Å². The normalized spacial score (nSPS) is 10.2. The SMILES string of the molecule is CNc1ncnc(Sc2cccc(Br)c2)c1OC. The maximum Gasteiger partial charge on any atom is 0.194 e. The number of ether oxygens (including phenoxy) is 1. The van der Waals surface area contributed by atoms with E-state index in [1.54, 1.807) is 14.2 Å². The largest absolute Gasteiger partial charge is 0.490 e. The fourth-order valence-corrected chi connectivity index (χ4v) is 2.91. The molecule has 2 rings (SSSR count). The highest BCUT2D eigenvalue weighted by molar-refractivity contribution is 9.10. The van der Waals surface area contributed by atoms with E-state index >= 15 is 0 Å². The van der Waals surface area contributed by atoms with Gasteiger partial charge in [0.15, 0.2) is 11.6 Å². The molecule has 0 saturated heterocycles. The number of rotatable bonds is 4. The molecule has 1 N–H and O–H groups in total. The van der Waals surface area contributed by atoms with Crippen molar-refractivity contribution in [3.63, 3.8) is 0 Å². The Labute approximate surface area is 118 Å². The summed E-state index contributed by atoms with van der Waals surface area (Å²) in [4.78, 5) is 9.46. The summed E-state index contributed by atoms with van der Waals surface area (Å²) < 4.78 is 6.39. The van der Waals surface area contributed by atoms with Gasteiger partial charge in [0.25, 0.3) is 0 Å². The Balaban J connectivity index is 2.34. The van der Waals surface area contributed by atoms with E-state index in [9.17, 15) is 0 Å². The second-order valence-corrected chi connectivity index (χ2v) is 5.35. The third-order valence-corrected chi connectivity index (χ3v) is 3.69. The minimum atomic E-state index is 0.657. The Bertz CT molecular complexity index is 551. The van der Waals surface area contributed by atoms with Gasteiger partial charge in [0, 0.05) is 16.4 Å². The van der Waals surface area contributed by atoms with Crippen LogP contribution in [0.3, 0.4) is 0 Å². The highest BCUT2D eigenvalue weighted by Gasteiger charge is 2.12. The van der Waals surface area contributed by atoms with Crippen molar-refractivity contribution in [2.24, 2.45) is 0 Å². The van der Waals surface area contributed by atoms with Gasteiger partial charge in [-0.3, -0.25) is 0 Å². The van der Waals surface area contributed by atoms with Crippen LogP contribution in [0.25, 0.3) is 0 Å². The molecule has 1 aromatic heterocycles. The minimum absolute atomic E-state index is 0.657. The van der Waals surface area contributed by atoms with E-state index in [-0.39, 0.29) is 0 Å². The molecule has 0 aliphatic heterocycles. The zero-order valence-electron chi connectivity index (χ0n) is 9.98. The number of halogens is 1. The fraction of sp³-hybridized carbons (Fsp3) is 0.167. The standard InChI is InChI=1S/C12H12BrN3OS/c1-14-11-10(17-2)12(16-7-15-11)18-9-5-3-4-8(13)6-9/h3-7H,1-2H3,(H,14,15,16). The maximum atomic E-state index is 5.35. The van der Waals surface area contributed by atoms with Gasteiger partial charge in [-0.2, -0.15) is 0 Å². The van der Waals surface area contributed by atoms with Crippen molar-refractivity contribution in [1.29, 1.82) is 0 Å². The van der Waals surface area contributed by atoms with E-state index in [1.165, 1.54) is 18.1 Å². The summed E-state index contributed by atoms with van der Waals surface area (Å²) in [5.41, 5.74) is 0. The Kier molecular flexibility index (Phi) is 4.43. The van der Waals surface area contributed by atoms with E-state index in [4.69, 9.17) is 4.74 Å². The molecule has 0 saturated carbocycles. The van der Waals surface area contributed by atoms with Crippen molar-refractivity contribution in [3.05, 3.63) is 35.1 Å². The van der Waals surface area contributed by atoms with Crippen LogP contribution in [-0.4, -0.2) is 24.1 Å². The highest BCUT2D eigenvalue weighted by Crippen LogP contribution is 2.37. The number of anilines is 1. The average molecular weight is 326 g/mol. The molecule has 0 bridgehead atoms. The number of benzene rings is 1. The van der Waals surface area contributed by atoms with Crippen molar-refractivity contribution in [2.45, 2.75) is 9.92 Å². The molecule has 6 heteroatoms. The van der Waals surface area contributed by atoms with Gasteiger partial charge >= 0.3 is 0 Å². The zero-order chi connectivity index (χ0) is 13.0. The van der Waals surface area contributed by atoms with Gasteiger partial charge in [-0.15, -0.1) is 0 Å². The summed E-state index contributed by atoms with van der Waals surface area (Å²) in [5, 5.41) is 3.77. The molecule has 0 aliphatic rings. The first-order valence-corrected chi connectivity index (χ1v) is 6.85. The second-order valence-electron chi connectivity index (χ2n) is 3.37. The lowest BCUT2D eigenvalue weighted by Crippen LogP contribution is -1.99. The quantitative estimate of drug-likeness (QED) is 0.872. The number of hydrogen-bond acceptors (Lipinski definition) is 5. The van der Waals surface area contributed by atoms with Crippen molar-refractivity contribution >= 4 is 33.5 Å². The third-order valence-electron chi connectivity index (χ3n) is 2.22. The lowest BCUT2D eigenvalue weighted by Gasteiger charge is -2.10. The average Bonchev–Trinajstić information content (AvgIpc) is 2.38. The van der Waals surface area contributed by atoms with Gasteiger partial charge in [-0.25, -0.2) is 9.97 Å². The molecule has 0 atom stereocenters. The monoisotopic (exact) mass is 325 g/mol. The number of nitrogens with one attached hydrogen (secondary N) is 1. The first-order chi connectivity index (χ1) is 8.74. The lowest BCUT2D eigenvalue weighted by atomic mass is 10.4. The summed E-state index contributed by atoms with van der Waals surface area (Å²) >= 11 is 4.99. The van der Waals surface area contributed by atoms with Crippen LogP contribution in [0, 0.1) is 0 Å². The Morgan fingerprint density at radius 2 is 2.17 bits per heavy atom. The lowest BCUT2D eigenvalue weighted by molar-refractivity contribution is 0.400.